The Labute approximate surface area is 180 Å². The molecule has 0 aromatic heterocycles. The quantitative estimate of drug-likeness (QED) is 0.618. The van der Waals surface area contributed by atoms with Crippen LogP contribution in [-0.2, 0) is 21.2 Å². The zero-order valence-electron chi connectivity index (χ0n) is 16.7. The van der Waals surface area contributed by atoms with Crippen LogP contribution in [0.4, 0.5) is 11.4 Å². The smallest absolute Gasteiger partial charge is 0.339 e. The molecular formula is C23H20N2O5S. The van der Waals surface area contributed by atoms with Crippen molar-refractivity contribution in [3.8, 4) is 0 Å². The van der Waals surface area contributed by atoms with Crippen LogP contribution in [-0.4, -0.2) is 33.9 Å². The third kappa shape index (κ3) is 3.89. The van der Waals surface area contributed by atoms with E-state index in [0.29, 0.717) is 29.9 Å². The molecule has 8 heteroatoms. The molecule has 0 bridgehead atoms. The predicted molar refractivity (Wildman–Crippen MR) is 117 cm³/mol. The van der Waals surface area contributed by atoms with Gasteiger partial charge in [-0.2, -0.15) is 0 Å². The minimum Gasteiger partial charge on any atom is -0.465 e. The number of carbonyl (C=O) groups is 2. The van der Waals surface area contributed by atoms with Gasteiger partial charge in [0, 0.05) is 12.1 Å². The van der Waals surface area contributed by atoms with Crippen LogP contribution < -0.4 is 9.62 Å². The molecule has 4 rings (SSSR count). The Morgan fingerprint density at radius 2 is 1.68 bits per heavy atom. The molecule has 0 spiro atoms. The third-order valence-corrected chi connectivity index (χ3v) is 6.93. The Morgan fingerprint density at radius 1 is 0.968 bits per heavy atom. The molecule has 7 nitrogen and oxygen atoms in total. The van der Waals surface area contributed by atoms with Gasteiger partial charge in [-0.25, -0.2) is 13.2 Å². The number of benzene rings is 3. The van der Waals surface area contributed by atoms with Crippen molar-refractivity contribution in [3.63, 3.8) is 0 Å². The fourth-order valence-corrected chi connectivity index (χ4v) is 5.08. The summed E-state index contributed by atoms with van der Waals surface area (Å²) in [7, 11) is -2.40. The number of rotatable bonds is 5. The highest BCUT2D eigenvalue weighted by Gasteiger charge is 2.31. The van der Waals surface area contributed by atoms with Crippen LogP contribution in [0.1, 0.15) is 26.3 Å². The second kappa shape index (κ2) is 8.23. The average Bonchev–Trinajstić information content (AvgIpc) is 3.23. The van der Waals surface area contributed by atoms with Crippen molar-refractivity contribution < 1.29 is 22.7 Å². The number of nitrogens with zero attached hydrogens (tertiary/aromatic N) is 1. The van der Waals surface area contributed by atoms with Gasteiger partial charge in [0.25, 0.3) is 15.9 Å². The number of esters is 1. The second-order valence-electron chi connectivity index (χ2n) is 6.98. The number of carbonyl (C=O) groups excluding carboxylic acids is 2. The summed E-state index contributed by atoms with van der Waals surface area (Å²) >= 11 is 0. The van der Waals surface area contributed by atoms with Crippen LogP contribution in [0.15, 0.2) is 77.7 Å². The summed E-state index contributed by atoms with van der Waals surface area (Å²) in [5.74, 6) is -0.949. The van der Waals surface area contributed by atoms with E-state index in [9.17, 15) is 18.0 Å². The lowest BCUT2D eigenvalue weighted by atomic mass is 10.1. The molecule has 31 heavy (non-hydrogen) atoms. The van der Waals surface area contributed by atoms with Gasteiger partial charge in [-0.05, 0) is 54.4 Å². The Kier molecular flexibility index (Phi) is 5.48. The summed E-state index contributed by atoms with van der Waals surface area (Å²) in [4.78, 5) is 24.9. The van der Waals surface area contributed by atoms with Crippen molar-refractivity contribution in [1.29, 1.82) is 0 Å². The van der Waals surface area contributed by atoms with E-state index in [1.165, 1.54) is 11.4 Å². The van der Waals surface area contributed by atoms with Crippen LogP contribution >= 0.6 is 0 Å². The molecule has 1 aliphatic rings. The number of para-hydroxylation sites is 1. The number of amides is 1. The zero-order valence-corrected chi connectivity index (χ0v) is 17.6. The fourth-order valence-electron chi connectivity index (χ4n) is 3.56. The number of hydrogen-bond donors (Lipinski definition) is 1. The van der Waals surface area contributed by atoms with Crippen molar-refractivity contribution in [2.24, 2.45) is 0 Å². The number of nitrogens with one attached hydrogen (secondary N) is 1. The van der Waals surface area contributed by atoms with Crippen LogP contribution in [0, 0.1) is 0 Å². The molecule has 3 aromatic rings. The number of sulfonamides is 1. The van der Waals surface area contributed by atoms with Crippen LogP contribution in [0.5, 0.6) is 0 Å². The minimum atomic E-state index is -3.67. The van der Waals surface area contributed by atoms with Crippen LogP contribution in [0.3, 0.4) is 0 Å². The van der Waals surface area contributed by atoms with Gasteiger partial charge >= 0.3 is 5.97 Å². The van der Waals surface area contributed by atoms with Crippen molar-refractivity contribution in [2.75, 3.05) is 23.3 Å². The van der Waals surface area contributed by atoms with Gasteiger partial charge in [-0.1, -0.05) is 30.3 Å². The summed E-state index contributed by atoms with van der Waals surface area (Å²) < 4.78 is 32.1. The molecule has 0 saturated carbocycles. The minimum absolute atomic E-state index is 0.226. The maximum absolute atomic E-state index is 13.0. The molecule has 0 fully saturated rings. The van der Waals surface area contributed by atoms with Crippen LogP contribution in [0.2, 0.25) is 0 Å². The normalized spacial score (nSPS) is 12.9. The number of anilines is 2. The molecular weight excluding hydrogens is 416 g/mol. The van der Waals surface area contributed by atoms with E-state index in [2.05, 4.69) is 5.32 Å². The van der Waals surface area contributed by atoms with Gasteiger partial charge < -0.3 is 10.1 Å². The highest BCUT2D eigenvalue weighted by molar-refractivity contribution is 7.92. The van der Waals surface area contributed by atoms with Gasteiger partial charge in [0.05, 0.1) is 28.9 Å². The Balaban J connectivity index is 1.59. The van der Waals surface area contributed by atoms with E-state index < -0.39 is 21.9 Å². The molecule has 0 radical (unpaired) electrons. The molecule has 1 amide bonds. The van der Waals surface area contributed by atoms with Crippen molar-refractivity contribution >= 4 is 33.3 Å². The monoisotopic (exact) mass is 436 g/mol. The molecule has 0 aliphatic carbocycles. The lowest BCUT2D eigenvalue weighted by molar-refractivity contribution is 0.0602. The van der Waals surface area contributed by atoms with E-state index in [-0.39, 0.29) is 10.5 Å². The highest BCUT2D eigenvalue weighted by atomic mass is 32.2. The molecule has 0 saturated heterocycles. The van der Waals surface area contributed by atoms with Gasteiger partial charge in [-0.15, -0.1) is 0 Å². The van der Waals surface area contributed by atoms with Gasteiger partial charge in [0.15, 0.2) is 0 Å². The first-order valence-electron chi connectivity index (χ1n) is 9.61. The molecule has 0 atom stereocenters. The highest BCUT2D eigenvalue weighted by Crippen LogP contribution is 2.33. The number of methoxy groups -OCH3 is 1. The Bertz CT molecular complexity index is 1260. The van der Waals surface area contributed by atoms with Gasteiger partial charge in [0.1, 0.15) is 0 Å². The number of hydrogen-bond acceptors (Lipinski definition) is 5. The van der Waals surface area contributed by atoms with Crippen LogP contribution in [0.25, 0.3) is 0 Å². The lowest BCUT2D eigenvalue weighted by Crippen LogP contribution is -2.29. The molecule has 158 valence electrons. The largest absolute Gasteiger partial charge is 0.465 e. The SMILES string of the molecule is COC(=O)c1ccccc1NC(=O)c1ccc2c(c1)CCN2S(=O)(=O)c1ccccc1. The van der Waals surface area contributed by atoms with Gasteiger partial charge in [-0.3, -0.25) is 9.10 Å². The molecule has 1 N–H and O–H groups in total. The van der Waals surface area contributed by atoms with Crippen molar-refractivity contribution in [3.05, 3.63) is 89.5 Å². The number of fused-ring (bicyclic) bond motifs is 1. The van der Waals surface area contributed by atoms with Crippen molar-refractivity contribution in [2.45, 2.75) is 11.3 Å². The first-order chi connectivity index (χ1) is 14.9. The second-order valence-corrected chi connectivity index (χ2v) is 8.84. The maximum atomic E-state index is 13.0. The predicted octanol–water partition coefficient (Wildman–Crippen LogP) is 3.48. The lowest BCUT2D eigenvalue weighted by Gasteiger charge is -2.19. The summed E-state index contributed by atoms with van der Waals surface area (Å²) in [5.41, 5.74) is 2.30. The van der Waals surface area contributed by atoms with E-state index in [1.807, 2.05) is 0 Å². The standard InChI is InChI=1S/C23H20N2O5S/c1-30-23(27)19-9-5-6-10-20(19)24-22(26)17-11-12-21-16(15-17)13-14-25(21)31(28,29)18-7-3-2-4-8-18/h2-12,15H,13-14H2,1H3,(H,24,26). The Hall–Kier alpha value is -3.65. The van der Waals surface area contributed by atoms with E-state index in [1.54, 1.807) is 72.8 Å². The summed E-state index contributed by atoms with van der Waals surface area (Å²) in [6.45, 7) is 0.308. The summed E-state index contributed by atoms with van der Waals surface area (Å²) in [6.07, 6.45) is 0.501. The van der Waals surface area contributed by atoms with Crippen molar-refractivity contribution in [1.82, 2.24) is 0 Å². The zero-order chi connectivity index (χ0) is 22.0. The first kappa shape index (κ1) is 20.6. The maximum Gasteiger partial charge on any atom is 0.339 e. The molecule has 1 heterocycles. The molecule has 0 unspecified atom stereocenters. The van der Waals surface area contributed by atoms with E-state index >= 15 is 0 Å². The topological polar surface area (TPSA) is 92.8 Å². The molecule has 3 aromatic carbocycles. The number of ether oxygens (including phenoxy) is 1. The van der Waals surface area contributed by atoms with E-state index in [0.717, 1.165) is 5.56 Å². The summed E-state index contributed by atoms with van der Waals surface area (Å²) in [5, 5.41) is 2.73. The van der Waals surface area contributed by atoms with Gasteiger partial charge in [0.2, 0.25) is 0 Å². The average molecular weight is 436 g/mol. The molecule has 1 aliphatic heterocycles. The Morgan fingerprint density at radius 3 is 2.42 bits per heavy atom. The summed E-state index contributed by atoms with van der Waals surface area (Å²) in [6, 6.07) is 19.7. The first-order valence-corrected chi connectivity index (χ1v) is 11.1. The third-order valence-electron chi connectivity index (χ3n) is 5.11. The van der Waals surface area contributed by atoms with E-state index in [4.69, 9.17) is 4.74 Å². The fraction of sp³-hybridized carbons (Fsp3) is 0.130.